The van der Waals surface area contributed by atoms with Crippen LogP contribution in [0.5, 0.6) is 0 Å². The molecule has 0 N–H and O–H groups in total. The molecule has 0 unspecified atom stereocenters. The zero-order valence-corrected chi connectivity index (χ0v) is 11.6. The maximum Gasteiger partial charge on any atom is 0.253 e. The Bertz CT molecular complexity index is 502. The Kier molecular flexibility index (Phi) is 3.71. The van der Waals surface area contributed by atoms with Gasteiger partial charge in [-0.05, 0) is 32.9 Å². The minimum absolute atomic E-state index is 0.0338. The van der Waals surface area contributed by atoms with Crippen molar-refractivity contribution < 1.29 is 14.3 Å². The van der Waals surface area contributed by atoms with Gasteiger partial charge in [-0.2, -0.15) is 0 Å². The summed E-state index contributed by atoms with van der Waals surface area (Å²) in [6.45, 7) is 6.20. The van der Waals surface area contributed by atoms with Crippen LogP contribution in [0.25, 0.3) is 0 Å². The lowest BCUT2D eigenvalue weighted by molar-refractivity contribution is -0.127. The fraction of sp³-hybridized carbons (Fsp3) is 0.467. The quantitative estimate of drug-likeness (QED) is 0.821. The van der Waals surface area contributed by atoms with Gasteiger partial charge in [0.1, 0.15) is 6.61 Å². The van der Waals surface area contributed by atoms with Crippen LogP contribution in [0.15, 0.2) is 24.3 Å². The van der Waals surface area contributed by atoms with Crippen molar-refractivity contribution in [1.82, 2.24) is 0 Å². The number of hydrogen-bond donors (Lipinski definition) is 0. The van der Waals surface area contributed by atoms with Gasteiger partial charge in [-0.1, -0.05) is 12.1 Å². The molecular weight excluding hydrogens is 242 g/mol. The average molecular weight is 261 g/mol. The summed E-state index contributed by atoms with van der Waals surface area (Å²) >= 11 is 0. The van der Waals surface area contributed by atoms with E-state index in [1.807, 2.05) is 32.9 Å². The van der Waals surface area contributed by atoms with Gasteiger partial charge in [-0.3, -0.25) is 9.59 Å². The Hall–Kier alpha value is -1.68. The first-order chi connectivity index (χ1) is 8.88. The van der Waals surface area contributed by atoms with E-state index < -0.39 is 0 Å². The van der Waals surface area contributed by atoms with Crippen molar-refractivity contribution in [2.45, 2.75) is 32.8 Å². The molecule has 1 aliphatic heterocycles. The molecule has 0 fully saturated rings. The maximum atomic E-state index is 12.2. The van der Waals surface area contributed by atoms with Gasteiger partial charge >= 0.3 is 0 Å². The summed E-state index contributed by atoms with van der Waals surface area (Å²) in [6.07, 6.45) is 0.373. The van der Waals surface area contributed by atoms with Crippen molar-refractivity contribution in [3.63, 3.8) is 0 Å². The van der Waals surface area contributed by atoms with Crippen molar-refractivity contribution in [2.75, 3.05) is 18.1 Å². The molecule has 1 aromatic carbocycles. The van der Waals surface area contributed by atoms with Crippen LogP contribution in [0.2, 0.25) is 0 Å². The van der Waals surface area contributed by atoms with Crippen molar-refractivity contribution in [3.8, 4) is 0 Å². The van der Waals surface area contributed by atoms with Gasteiger partial charge in [0.25, 0.3) is 5.91 Å². The molecule has 102 valence electrons. The van der Waals surface area contributed by atoms with Crippen LogP contribution in [0.1, 0.15) is 37.6 Å². The molecule has 0 bridgehead atoms. The first-order valence-electron chi connectivity index (χ1n) is 6.45. The molecule has 0 radical (unpaired) electrons. The number of Topliss-reactive ketones (excluding diaryl/α,β-unsaturated/α-hetero) is 1. The summed E-state index contributed by atoms with van der Waals surface area (Å²) in [7, 11) is 0. The van der Waals surface area contributed by atoms with E-state index in [-0.39, 0.29) is 23.9 Å². The van der Waals surface area contributed by atoms with Gasteiger partial charge in [-0.15, -0.1) is 0 Å². The van der Waals surface area contributed by atoms with E-state index >= 15 is 0 Å². The highest BCUT2D eigenvalue weighted by atomic mass is 16.5. The first kappa shape index (κ1) is 13.7. The van der Waals surface area contributed by atoms with Gasteiger partial charge in [0, 0.05) is 18.5 Å². The number of nitrogens with zero attached hydrogens (tertiary/aromatic N) is 1. The topological polar surface area (TPSA) is 46.6 Å². The van der Waals surface area contributed by atoms with E-state index in [9.17, 15) is 9.59 Å². The molecule has 19 heavy (non-hydrogen) atoms. The number of carbonyl (C=O) groups is 2. The standard InChI is InChI=1S/C15H19NO3/c1-15(2,3)19-10-14(18)16-9-8-13(17)11-6-4-5-7-12(11)16/h4-7H,8-10H2,1-3H3. The molecule has 4 nitrogen and oxygen atoms in total. The molecule has 4 heteroatoms. The van der Waals surface area contributed by atoms with Crippen LogP contribution in [0.4, 0.5) is 5.69 Å². The highest BCUT2D eigenvalue weighted by molar-refractivity contribution is 6.08. The molecule has 1 aliphatic rings. The minimum atomic E-state index is -0.346. The number of ketones is 1. The number of hydrogen-bond acceptors (Lipinski definition) is 3. The van der Waals surface area contributed by atoms with Crippen LogP contribution in [0.3, 0.4) is 0 Å². The van der Waals surface area contributed by atoms with Gasteiger partial charge in [0.05, 0.1) is 11.3 Å². The van der Waals surface area contributed by atoms with Gasteiger partial charge in [0.2, 0.25) is 0 Å². The maximum absolute atomic E-state index is 12.2. The Labute approximate surface area is 113 Å². The number of carbonyl (C=O) groups excluding carboxylic acids is 2. The molecule has 0 aliphatic carbocycles. The minimum Gasteiger partial charge on any atom is -0.366 e. The van der Waals surface area contributed by atoms with Crippen LogP contribution in [-0.2, 0) is 9.53 Å². The normalized spacial score (nSPS) is 15.3. The second kappa shape index (κ2) is 5.13. The predicted octanol–water partition coefficient (Wildman–Crippen LogP) is 2.42. The van der Waals surface area contributed by atoms with E-state index in [0.29, 0.717) is 24.2 Å². The molecule has 1 aromatic rings. The molecule has 2 rings (SSSR count). The smallest absolute Gasteiger partial charge is 0.253 e. The fourth-order valence-electron chi connectivity index (χ4n) is 2.03. The number of rotatable bonds is 2. The number of anilines is 1. The third kappa shape index (κ3) is 3.20. The summed E-state index contributed by atoms with van der Waals surface area (Å²) in [4.78, 5) is 25.6. The third-order valence-electron chi connectivity index (χ3n) is 2.99. The van der Waals surface area contributed by atoms with E-state index in [1.165, 1.54) is 0 Å². The lowest BCUT2D eigenvalue weighted by atomic mass is 10.0. The third-order valence-corrected chi connectivity index (χ3v) is 2.99. The second-order valence-corrected chi connectivity index (χ2v) is 5.64. The van der Waals surface area contributed by atoms with E-state index in [1.54, 1.807) is 17.0 Å². The molecule has 1 heterocycles. The molecular formula is C15H19NO3. The molecule has 0 aromatic heterocycles. The first-order valence-corrected chi connectivity index (χ1v) is 6.45. The highest BCUT2D eigenvalue weighted by Crippen LogP contribution is 2.26. The molecule has 0 saturated carbocycles. The zero-order valence-electron chi connectivity index (χ0n) is 11.6. The number of amides is 1. The Morgan fingerprint density at radius 2 is 2.00 bits per heavy atom. The van der Waals surface area contributed by atoms with Crippen molar-refractivity contribution >= 4 is 17.4 Å². The van der Waals surface area contributed by atoms with Gasteiger partial charge in [0.15, 0.2) is 5.78 Å². The van der Waals surface area contributed by atoms with E-state index in [4.69, 9.17) is 4.74 Å². The molecule has 1 amide bonds. The number of fused-ring (bicyclic) bond motifs is 1. The fourth-order valence-corrected chi connectivity index (χ4v) is 2.03. The van der Waals surface area contributed by atoms with Crippen molar-refractivity contribution in [1.29, 1.82) is 0 Å². The Balaban J connectivity index is 2.16. The summed E-state index contributed by atoms with van der Waals surface area (Å²) in [6, 6.07) is 7.22. The predicted molar refractivity (Wildman–Crippen MR) is 73.4 cm³/mol. The number of ether oxygens (including phenoxy) is 1. The highest BCUT2D eigenvalue weighted by Gasteiger charge is 2.27. The average Bonchev–Trinajstić information content (AvgIpc) is 2.36. The van der Waals surface area contributed by atoms with E-state index in [2.05, 4.69) is 0 Å². The molecule has 0 atom stereocenters. The van der Waals surface area contributed by atoms with Gasteiger partial charge < -0.3 is 9.64 Å². The summed E-state index contributed by atoms with van der Waals surface area (Å²) < 4.78 is 5.51. The van der Waals surface area contributed by atoms with Gasteiger partial charge in [-0.25, -0.2) is 0 Å². The SMILES string of the molecule is CC(C)(C)OCC(=O)N1CCC(=O)c2ccccc21. The van der Waals surface area contributed by atoms with Crippen LogP contribution in [0, 0.1) is 0 Å². The van der Waals surface area contributed by atoms with Crippen molar-refractivity contribution in [2.24, 2.45) is 0 Å². The Morgan fingerprint density at radius 3 is 2.68 bits per heavy atom. The van der Waals surface area contributed by atoms with Crippen LogP contribution in [-0.4, -0.2) is 30.4 Å². The lowest BCUT2D eigenvalue weighted by Gasteiger charge is -2.29. The molecule has 0 spiro atoms. The number of para-hydroxylation sites is 1. The summed E-state index contributed by atoms with van der Waals surface area (Å²) in [5.41, 5.74) is 0.972. The summed E-state index contributed by atoms with van der Waals surface area (Å²) in [5, 5.41) is 0. The second-order valence-electron chi connectivity index (χ2n) is 5.64. The number of benzene rings is 1. The van der Waals surface area contributed by atoms with Crippen LogP contribution >= 0.6 is 0 Å². The summed E-state index contributed by atoms with van der Waals surface area (Å²) in [5.74, 6) is -0.00809. The van der Waals surface area contributed by atoms with Crippen LogP contribution < -0.4 is 4.90 Å². The van der Waals surface area contributed by atoms with Crippen molar-refractivity contribution in [3.05, 3.63) is 29.8 Å². The Morgan fingerprint density at radius 1 is 1.32 bits per heavy atom. The lowest BCUT2D eigenvalue weighted by Crippen LogP contribution is -2.40. The molecule has 0 saturated heterocycles. The monoisotopic (exact) mass is 261 g/mol. The largest absolute Gasteiger partial charge is 0.366 e. The van der Waals surface area contributed by atoms with E-state index in [0.717, 1.165) is 0 Å². The zero-order chi connectivity index (χ0) is 14.0.